The molecule has 2 amide bonds. The Kier molecular flexibility index (Phi) is 8.25. The lowest BCUT2D eigenvalue weighted by atomic mass is 9.87. The fraction of sp³-hybridized carbons (Fsp3) is 0.250. The molecule has 3 heterocycles. The molecule has 1 saturated heterocycles. The zero-order chi connectivity index (χ0) is 30.9. The molecule has 1 aliphatic rings. The second kappa shape index (κ2) is 11.9. The number of aryl methyl sites for hydroxylation is 1. The Morgan fingerprint density at radius 2 is 1.95 bits per heavy atom. The van der Waals surface area contributed by atoms with Gasteiger partial charge in [-0.05, 0) is 53.5 Å². The first-order valence-electron chi connectivity index (χ1n) is 13.6. The number of anilines is 1. The molecule has 2 N–H and O–H groups in total. The number of pyridine rings is 1. The summed E-state index contributed by atoms with van der Waals surface area (Å²) < 4.78 is 6.83. The normalized spacial score (nSPS) is 15.9. The Morgan fingerprint density at radius 1 is 1.16 bits per heavy atom. The van der Waals surface area contributed by atoms with Crippen molar-refractivity contribution >= 4 is 51.8 Å². The molecule has 1 fully saturated rings. The number of amides is 2. The van der Waals surface area contributed by atoms with Crippen molar-refractivity contribution in [2.75, 3.05) is 18.5 Å². The number of halogens is 1. The zero-order valence-electron chi connectivity index (χ0n) is 24.3. The molecule has 0 unspecified atom stereocenters. The van der Waals surface area contributed by atoms with E-state index in [0.29, 0.717) is 44.1 Å². The van der Waals surface area contributed by atoms with Crippen LogP contribution in [0, 0.1) is 0 Å². The highest BCUT2D eigenvalue weighted by Crippen LogP contribution is 2.30. The molecule has 0 saturated carbocycles. The summed E-state index contributed by atoms with van der Waals surface area (Å²) in [5.74, 6) is -0.541. The molecule has 11 heteroatoms. The van der Waals surface area contributed by atoms with E-state index in [1.807, 2.05) is 24.3 Å². The van der Waals surface area contributed by atoms with E-state index in [-0.39, 0.29) is 42.0 Å². The van der Waals surface area contributed by atoms with Gasteiger partial charge in [-0.1, -0.05) is 51.1 Å². The smallest absolute Gasteiger partial charge is 0.259 e. The highest BCUT2D eigenvalue weighted by Gasteiger charge is 2.25. The highest BCUT2D eigenvalue weighted by molar-refractivity contribution is 6.33. The number of hydrogen-bond donors (Lipinski definition) is 2. The van der Waals surface area contributed by atoms with E-state index in [0.717, 1.165) is 5.56 Å². The summed E-state index contributed by atoms with van der Waals surface area (Å²) in [4.78, 5) is 51.8. The summed E-state index contributed by atoms with van der Waals surface area (Å²) in [6, 6.07) is 13.8. The molecule has 10 nitrogen and oxygen atoms in total. The third kappa shape index (κ3) is 6.40. The van der Waals surface area contributed by atoms with Crippen molar-refractivity contribution < 1.29 is 14.3 Å². The van der Waals surface area contributed by atoms with Crippen LogP contribution in [0.2, 0.25) is 5.02 Å². The van der Waals surface area contributed by atoms with Crippen LogP contribution in [0.4, 0.5) is 11.6 Å². The first-order chi connectivity index (χ1) is 20.4. The van der Waals surface area contributed by atoms with Crippen LogP contribution in [-0.2, 0) is 22.0 Å². The number of aliphatic imine (C=N–C) groups is 1. The maximum atomic E-state index is 13.5. The van der Waals surface area contributed by atoms with E-state index in [4.69, 9.17) is 16.3 Å². The third-order valence-electron chi connectivity index (χ3n) is 7.12. The van der Waals surface area contributed by atoms with Crippen LogP contribution in [0.25, 0.3) is 22.2 Å². The molecule has 43 heavy (non-hydrogen) atoms. The van der Waals surface area contributed by atoms with Crippen molar-refractivity contribution in [2.24, 2.45) is 12.0 Å². The quantitative estimate of drug-likeness (QED) is 0.302. The number of benzene rings is 2. The summed E-state index contributed by atoms with van der Waals surface area (Å²) in [6.45, 7) is 10.3. The second-order valence-electron chi connectivity index (χ2n) is 11.2. The Bertz CT molecular complexity index is 1860. The maximum absolute atomic E-state index is 13.5. The van der Waals surface area contributed by atoms with Gasteiger partial charge in [0.1, 0.15) is 5.65 Å². The summed E-state index contributed by atoms with van der Waals surface area (Å²) >= 11 is 6.55. The summed E-state index contributed by atoms with van der Waals surface area (Å²) in [5.41, 5.74) is 3.31. The van der Waals surface area contributed by atoms with Crippen molar-refractivity contribution in [2.45, 2.75) is 32.2 Å². The number of aromatic nitrogens is 3. The van der Waals surface area contributed by atoms with Crippen molar-refractivity contribution in [1.29, 1.82) is 0 Å². The first kappa shape index (κ1) is 29.8. The lowest BCUT2D eigenvalue weighted by molar-refractivity contribution is -0.116. The van der Waals surface area contributed by atoms with E-state index >= 15 is 0 Å². The summed E-state index contributed by atoms with van der Waals surface area (Å²) in [6.07, 6.45) is 2.74. The SMILES string of the molecule is C=CC(=O)N[C@H]1COC/C1=N\c1ncc2cc(-c3cc(C(=O)Nc4cccc(C(C)(C)C)c4)ccc3Cl)c(=O)n(C)c2n1. The molecule has 220 valence electrons. The van der Waals surface area contributed by atoms with Gasteiger partial charge < -0.3 is 15.4 Å². The van der Waals surface area contributed by atoms with Crippen LogP contribution in [0.1, 0.15) is 36.7 Å². The Labute approximate surface area is 253 Å². The van der Waals surface area contributed by atoms with Crippen LogP contribution < -0.4 is 16.2 Å². The standard InChI is InChI=1S/C32H31ClN6O4/c1-6-27(40)36-25-16-43-17-26(25)37-31-34-15-19-13-23(30(42)39(5)28(19)38-31)22-12-18(10-11-24(22)33)29(41)35-21-9-7-8-20(14-21)32(2,3)4/h6-15,25H,1,16-17H2,2-5H3,(H,35,41)(H,36,40)/b37-26+/t25-/m0/s1. The number of nitrogens with one attached hydrogen (secondary N) is 2. The van der Waals surface area contributed by atoms with Crippen molar-refractivity contribution in [3.63, 3.8) is 0 Å². The van der Waals surface area contributed by atoms with Gasteiger partial charge in [-0.25, -0.2) is 9.98 Å². The monoisotopic (exact) mass is 598 g/mol. The lowest BCUT2D eigenvalue weighted by Crippen LogP contribution is -2.39. The van der Waals surface area contributed by atoms with E-state index in [9.17, 15) is 14.4 Å². The topological polar surface area (TPSA) is 128 Å². The Hall–Kier alpha value is -4.67. The number of carbonyl (C=O) groups excluding carboxylic acids is 2. The number of fused-ring (bicyclic) bond motifs is 1. The minimum atomic E-state index is -0.426. The zero-order valence-corrected chi connectivity index (χ0v) is 25.0. The average molecular weight is 599 g/mol. The van der Waals surface area contributed by atoms with Gasteiger partial charge in [0.05, 0.1) is 25.0 Å². The second-order valence-corrected chi connectivity index (χ2v) is 11.6. The molecule has 0 bridgehead atoms. The van der Waals surface area contributed by atoms with Crippen LogP contribution >= 0.6 is 11.6 Å². The third-order valence-corrected chi connectivity index (χ3v) is 7.45. The molecule has 1 atom stereocenters. The molecule has 1 aliphatic heterocycles. The number of hydrogen-bond acceptors (Lipinski definition) is 7. The Balaban J connectivity index is 1.46. The fourth-order valence-corrected chi connectivity index (χ4v) is 4.92. The van der Waals surface area contributed by atoms with Crippen molar-refractivity contribution in [3.8, 4) is 11.1 Å². The van der Waals surface area contributed by atoms with Crippen molar-refractivity contribution in [1.82, 2.24) is 19.9 Å². The minimum Gasteiger partial charge on any atom is -0.373 e. The minimum absolute atomic E-state index is 0.0713. The molecule has 2 aromatic carbocycles. The Morgan fingerprint density at radius 3 is 2.70 bits per heavy atom. The van der Waals surface area contributed by atoms with Crippen molar-refractivity contribution in [3.05, 3.63) is 93.9 Å². The van der Waals surface area contributed by atoms with E-state index < -0.39 is 6.04 Å². The molecule has 0 spiro atoms. The molecule has 0 radical (unpaired) electrons. The summed E-state index contributed by atoms with van der Waals surface area (Å²) in [5, 5.41) is 6.59. The van der Waals surface area contributed by atoms with Gasteiger partial charge in [0.2, 0.25) is 5.91 Å². The molecule has 5 rings (SSSR count). The van der Waals surface area contributed by atoms with E-state index in [1.165, 1.54) is 10.6 Å². The van der Waals surface area contributed by atoms with Crippen LogP contribution in [0.5, 0.6) is 0 Å². The number of ether oxygens (including phenoxy) is 1. The number of carbonyl (C=O) groups is 2. The molecular formula is C32H31ClN6O4. The largest absolute Gasteiger partial charge is 0.373 e. The predicted octanol–water partition coefficient (Wildman–Crippen LogP) is 4.97. The van der Waals surface area contributed by atoms with Gasteiger partial charge in [-0.2, -0.15) is 4.98 Å². The number of rotatable bonds is 6. The van der Waals surface area contributed by atoms with Gasteiger partial charge in [0.15, 0.2) is 0 Å². The van der Waals surface area contributed by atoms with E-state index in [2.05, 4.69) is 52.9 Å². The van der Waals surface area contributed by atoms with Gasteiger partial charge in [0.25, 0.3) is 17.4 Å². The van der Waals surface area contributed by atoms with Crippen LogP contribution in [0.3, 0.4) is 0 Å². The van der Waals surface area contributed by atoms with Crippen LogP contribution in [-0.4, -0.2) is 51.3 Å². The lowest BCUT2D eigenvalue weighted by Gasteiger charge is -2.20. The van der Waals surface area contributed by atoms with Gasteiger partial charge >= 0.3 is 0 Å². The van der Waals surface area contributed by atoms with E-state index in [1.54, 1.807) is 37.5 Å². The predicted molar refractivity (Wildman–Crippen MR) is 168 cm³/mol. The highest BCUT2D eigenvalue weighted by atomic mass is 35.5. The molecule has 2 aromatic heterocycles. The summed E-state index contributed by atoms with van der Waals surface area (Å²) in [7, 11) is 1.59. The maximum Gasteiger partial charge on any atom is 0.259 e. The molecular weight excluding hydrogens is 568 g/mol. The number of nitrogens with zero attached hydrogens (tertiary/aromatic N) is 4. The van der Waals surface area contributed by atoms with Gasteiger partial charge in [0, 0.05) is 46.0 Å². The van der Waals surface area contributed by atoms with Crippen LogP contribution in [0.15, 0.2) is 77.2 Å². The first-order valence-corrected chi connectivity index (χ1v) is 14.0. The molecule has 4 aromatic rings. The van der Waals surface area contributed by atoms with Gasteiger partial charge in [-0.15, -0.1) is 0 Å². The molecule has 0 aliphatic carbocycles. The average Bonchev–Trinajstić information content (AvgIpc) is 3.41. The fourth-order valence-electron chi connectivity index (χ4n) is 4.70. The van der Waals surface area contributed by atoms with Gasteiger partial charge in [-0.3, -0.25) is 19.0 Å².